The maximum absolute atomic E-state index is 11.6. The molecule has 98 valence electrons. The highest BCUT2D eigenvalue weighted by atomic mass is 16.1. The first kappa shape index (κ1) is 14.5. The van der Waals surface area contributed by atoms with Crippen molar-refractivity contribution in [3.8, 4) is 0 Å². The summed E-state index contributed by atoms with van der Waals surface area (Å²) in [6.45, 7) is 2.21. The fraction of sp³-hybridized carbons (Fsp3) is 0.812. The van der Waals surface area contributed by atoms with Crippen LogP contribution in [0.5, 0.6) is 0 Å². The number of rotatable bonds is 0. The Bertz CT molecular complexity index is 230. The average molecular weight is 236 g/mol. The summed E-state index contributed by atoms with van der Waals surface area (Å²) in [4.78, 5) is 11.6. The standard InChI is InChI=1S/C16H28O/c1-15-12-10-8-6-4-2-3-5-7-9-11-13-16(17)14-15/h11,13,15H,2-10,12,14H2,1H3/b13-11-. The fourth-order valence-corrected chi connectivity index (χ4v) is 2.54. The first-order valence-electron chi connectivity index (χ1n) is 7.48. The number of carbonyl (C=O) groups is 1. The summed E-state index contributed by atoms with van der Waals surface area (Å²) in [7, 11) is 0. The van der Waals surface area contributed by atoms with Crippen LogP contribution in [0.1, 0.15) is 77.6 Å². The van der Waals surface area contributed by atoms with Crippen molar-refractivity contribution >= 4 is 5.78 Å². The van der Waals surface area contributed by atoms with Gasteiger partial charge in [0.1, 0.15) is 0 Å². The molecule has 0 aromatic heterocycles. The Hall–Kier alpha value is -0.590. The molecule has 1 nitrogen and oxygen atoms in total. The molecule has 0 radical (unpaired) electrons. The first-order valence-corrected chi connectivity index (χ1v) is 7.48. The van der Waals surface area contributed by atoms with Gasteiger partial charge in [0.25, 0.3) is 0 Å². The van der Waals surface area contributed by atoms with Crippen LogP contribution in [0.15, 0.2) is 12.2 Å². The van der Waals surface area contributed by atoms with Crippen LogP contribution >= 0.6 is 0 Å². The van der Waals surface area contributed by atoms with E-state index in [1.165, 1.54) is 57.8 Å². The summed E-state index contributed by atoms with van der Waals surface area (Å²) in [5, 5.41) is 0. The Labute approximate surface area is 107 Å². The smallest absolute Gasteiger partial charge is 0.155 e. The third kappa shape index (κ3) is 8.18. The number of ketones is 1. The molecule has 0 amide bonds. The second-order valence-corrected chi connectivity index (χ2v) is 5.58. The molecular weight excluding hydrogens is 208 g/mol. The lowest BCUT2D eigenvalue weighted by molar-refractivity contribution is -0.115. The minimum atomic E-state index is 0.326. The Kier molecular flexibility index (Phi) is 8.04. The molecule has 17 heavy (non-hydrogen) atoms. The van der Waals surface area contributed by atoms with Gasteiger partial charge in [-0.15, -0.1) is 0 Å². The van der Waals surface area contributed by atoms with Crippen LogP contribution in [-0.4, -0.2) is 5.78 Å². The lowest BCUT2D eigenvalue weighted by Crippen LogP contribution is -2.02. The van der Waals surface area contributed by atoms with Gasteiger partial charge in [0, 0.05) is 6.42 Å². The van der Waals surface area contributed by atoms with Crippen LogP contribution in [0.3, 0.4) is 0 Å². The molecule has 0 heterocycles. The first-order chi connectivity index (χ1) is 8.29. The maximum Gasteiger partial charge on any atom is 0.155 e. The quantitative estimate of drug-likeness (QED) is 0.575. The zero-order valence-corrected chi connectivity index (χ0v) is 11.4. The molecule has 1 rings (SSSR count). The molecule has 0 fully saturated rings. The van der Waals surface area contributed by atoms with Gasteiger partial charge in [0.2, 0.25) is 0 Å². The molecule has 1 aliphatic carbocycles. The Morgan fingerprint density at radius 1 is 0.941 bits per heavy atom. The van der Waals surface area contributed by atoms with Crippen LogP contribution in [0.4, 0.5) is 0 Å². The van der Waals surface area contributed by atoms with Gasteiger partial charge in [-0.25, -0.2) is 0 Å². The van der Waals surface area contributed by atoms with E-state index in [1.54, 1.807) is 0 Å². The summed E-state index contributed by atoms with van der Waals surface area (Å²) in [5.74, 6) is 0.893. The number of allylic oxidation sites excluding steroid dienone is 2. The number of hydrogen-bond acceptors (Lipinski definition) is 1. The molecule has 0 aliphatic heterocycles. The van der Waals surface area contributed by atoms with Crippen molar-refractivity contribution in [3.63, 3.8) is 0 Å². The molecule has 0 spiro atoms. The van der Waals surface area contributed by atoms with Crippen molar-refractivity contribution < 1.29 is 4.79 Å². The van der Waals surface area contributed by atoms with E-state index < -0.39 is 0 Å². The van der Waals surface area contributed by atoms with E-state index in [1.807, 2.05) is 6.08 Å². The number of carbonyl (C=O) groups excluding carboxylic acids is 1. The SMILES string of the molecule is CC1CCCCCCCCCC/C=C\C(=O)C1. The van der Waals surface area contributed by atoms with Gasteiger partial charge in [-0.3, -0.25) is 4.79 Å². The molecule has 1 aliphatic rings. The van der Waals surface area contributed by atoms with Crippen LogP contribution < -0.4 is 0 Å². The van der Waals surface area contributed by atoms with E-state index >= 15 is 0 Å². The highest BCUT2D eigenvalue weighted by Gasteiger charge is 2.06. The lowest BCUT2D eigenvalue weighted by atomic mass is 9.97. The predicted molar refractivity (Wildman–Crippen MR) is 74.1 cm³/mol. The van der Waals surface area contributed by atoms with Crippen molar-refractivity contribution in [2.24, 2.45) is 5.92 Å². The maximum atomic E-state index is 11.6. The largest absolute Gasteiger partial charge is 0.295 e. The van der Waals surface area contributed by atoms with Crippen molar-refractivity contribution in [1.29, 1.82) is 0 Å². The molecule has 0 N–H and O–H groups in total. The van der Waals surface area contributed by atoms with Gasteiger partial charge in [-0.05, 0) is 24.8 Å². The van der Waals surface area contributed by atoms with Gasteiger partial charge < -0.3 is 0 Å². The predicted octanol–water partition coefficient (Wildman–Crippen LogP) is 5.05. The van der Waals surface area contributed by atoms with E-state index in [-0.39, 0.29) is 0 Å². The van der Waals surface area contributed by atoms with Crippen LogP contribution in [0.25, 0.3) is 0 Å². The zero-order valence-electron chi connectivity index (χ0n) is 11.4. The fourth-order valence-electron chi connectivity index (χ4n) is 2.54. The van der Waals surface area contributed by atoms with E-state index in [0.29, 0.717) is 11.7 Å². The van der Waals surface area contributed by atoms with Gasteiger partial charge in [0.15, 0.2) is 5.78 Å². The molecule has 1 heteroatoms. The molecule has 0 aromatic carbocycles. The average Bonchev–Trinajstić information content (AvgIpc) is 2.30. The second kappa shape index (κ2) is 9.44. The summed E-state index contributed by atoms with van der Waals surface area (Å²) in [5.41, 5.74) is 0. The number of hydrogen-bond donors (Lipinski definition) is 0. The van der Waals surface area contributed by atoms with Gasteiger partial charge >= 0.3 is 0 Å². The molecule has 1 unspecified atom stereocenters. The van der Waals surface area contributed by atoms with Crippen molar-refractivity contribution in [2.75, 3.05) is 0 Å². The highest BCUT2D eigenvalue weighted by Crippen LogP contribution is 2.16. The summed E-state index contributed by atoms with van der Waals surface area (Å²) >= 11 is 0. The summed E-state index contributed by atoms with van der Waals surface area (Å²) < 4.78 is 0. The van der Waals surface area contributed by atoms with E-state index in [9.17, 15) is 4.79 Å². The molecule has 0 saturated carbocycles. The van der Waals surface area contributed by atoms with E-state index in [4.69, 9.17) is 0 Å². The summed E-state index contributed by atoms with van der Waals surface area (Å²) in [6, 6.07) is 0. The van der Waals surface area contributed by atoms with Crippen molar-refractivity contribution in [1.82, 2.24) is 0 Å². The Morgan fingerprint density at radius 3 is 2.24 bits per heavy atom. The Morgan fingerprint density at radius 2 is 1.53 bits per heavy atom. The highest BCUT2D eigenvalue weighted by molar-refractivity contribution is 5.89. The molecular formula is C16H28O. The normalized spacial score (nSPS) is 28.1. The zero-order chi connectivity index (χ0) is 12.3. The second-order valence-electron chi connectivity index (χ2n) is 5.58. The van der Waals surface area contributed by atoms with Gasteiger partial charge in [-0.2, -0.15) is 0 Å². The third-order valence-electron chi connectivity index (χ3n) is 3.67. The van der Waals surface area contributed by atoms with Gasteiger partial charge in [-0.1, -0.05) is 64.4 Å². The monoisotopic (exact) mass is 236 g/mol. The van der Waals surface area contributed by atoms with Crippen LogP contribution in [-0.2, 0) is 4.79 Å². The lowest BCUT2D eigenvalue weighted by Gasteiger charge is -2.08. The topological polar surface area (TPSA) is 17.1 Å². The molecule has 0 bridgehead atoms. The van der Waals surface area contributed by atoms with Crippen LogP contribution in [0.2, 0.25) is 0 Å². The minimum absolute atomic E-state index is 0.326. The van der Waals surface area contributed by atoms with Crippen molar-refractivity contribution in [3.05, 3.63) is 12.2 Å². The summed E-state index contributed by atoms with van der Waals surface area (Å²) in [6.07, 6.45) is 17.8. The van der Waals surface area contributed by atoms with E-state index in [2.05, 4.69) is 13.0 Å². The van der Waals surface area contributed by atoms with Crippen molar-refractivity contribution in [2.45, 2.75) is 77.6 Å². The molecule has 0 aromatic rings. The van der Waals surface area contributed by atoms with Crippen LogP contribution in [0, 0.1) is 5.92 Å². The molecule has 0 saturated heterocycles. The third-order valence-corrected chi connectivity index (χ3v) is 3.67. The van der Waals surface area contributed by atoms with E-state index in [0.717, 1.165) is 12.8 Å². The Balaban J connectivity index is 2.31. The molecule has 1 atom stereocenters. The minimum Gasteiger partial charge on any atom is -0.295 e. The van der Waals surface area contributed by atoms with Gasteiger partial charge in [0.05, 0.1) is 0 Å².